The summed E-state index contributed by atoms with van der Waals surface area (Å²) in [6.45, 7) is -0.629. The number of rotatable bonds is 3. The van der Waals surface area contributed by atoms with E-state index in [0.717, 1.165) is 0 Å². The Labute approximate surface area is 113 Å². The van der Waals surface area contributed by atoms with Gasteiger partial charge in [0.1, 0.15) is 30.2 Å². The molecule has 3 heterocycles. The Bertz CT molecular complexity index is 616. The first-order valence-electron chi connectivity index (χ1n) is 6.15. The zero-order chi connectivity index (χ0) is 14.3. The molecule has 0 spiro atoms. The van der Waals surface area contributed by atoms with E-state index in [4.69, 9.17) is 10.5 Å². The van der Waals surface area contributed by atoms with Crippen molar-refractivity contribution >= 4 is 17.0 Å². The molecule has 1 aliphatic heterocycles. The van der Waals surface area contributed by atoms with Crippen LogP contribution in [0.2, 0.25) is 0 Å². The minimum atomic E-state index is -0.981. The van der Waals surface area contributed by atoms with Crippen molar-refractivity contribution in [3.63, 3.8) is 0 Å². The fourth-order valence-corrected chi connectivity index (χ4v) is 2.56. The zero-order valence-corrected chi connectivity index (χ0v) is 10.5. The minimum absolute atomic E-state index is 0.237. The molecular weight excluding hydrogens is 266 g/mol. The Hall–Kier alpha value is -1.81. The second-order valence-electron chi connectivity index (χ2n) is 4.64. The van der Waals surface area contributed by atoms with Gasteiger partial charge in [-0.25, -0.2) is 15.0 Å². The number of hydrogen-bond donors (Lipinski definition) is 4. The smallest absolute Gasteiger partial charge is 0.165 e. The summed E-state index contributed by atoms with van der Waals surface area (Å²) in [5.41, 5.74) is 6.58. The highest BCUT2D eigenvalue weighted by Gasteiger charge is 2.44. The van der Waals surface area contributed by atoms with E-state index >= 15 is 0 Å². The van der Waals surface area contributed by atoms with E-state index in [1.165, 1.54) is 12.7 Å². The minimum Gasteiger partial charge on any atom is -0.394 e. The Morgan fingerprint density at radius 3 is 2.65 bits per heavy atom. The predicted octanol–water partition coefficient (Wildman–Crippen LogP) is -1.94. The standard InChI is InChI=1S/C11H15N5O4/c12-10-7-11(14-3-13-10)16(4-15-7)8-5(1-17)20-6(2-18)9(8)19/h3-6,8-9,17-19H,1-2H2,(H2,12,13,14)/t5-,6-,8-,9-/m0/s1. The Balaban J connectivity index is 2.07. The monoisotopic (exact) mass is 281 g/mol. The van der Waals surface area contributed by atoms with Crippen molar-refractivity contribution in [3.05, 3.63) is 12.7 Å². The molecule has 3 rings (SSSR count). The summed E-state index contributed by atoms with van der Waals surface area (Å²) in [6.07, 6.45) is 0.375. The number of aliphatic hydroxyl groups excluding tert-OH is 3. The van der Waals surface area contributed by atoms with Crippen LogP contribution in [0, 0.1) is 0 Å². The molecule has 108 valence electrons. The van der Waals surface area contributed by atoms with Crippen LogP contribution in [-0.2, 0) is 4.74 Å². The maximum absolute atomic E-state index is 10.2. The summed E-state index contributed by atoms with van der Waals surface area (Å²) >= 11 is 0. The van der Waals surface area contributed by atoms with Gasteiger partial charge in [-0.05, 0) is 0 Å². The average molecular weight is 281 g/mol. The number of anilines is 1. The first-order valence-corrected chi connectivity index (χ1v) is 6.15. The molecule has 0 bridgehead atoms. The number of aliphatic hydroxyl groups is 3. The molecule has 0 aromatic carbocycles. The molecule has 0 radical (unpaired) electrons. The maximum atomic E-state index is 10.2. The van der Waals surface area contributed by atoms with Crippen molar-refractivity contribution in [1.29, 1.82) is 0 Å². The number of hydrogen-bond acceptors (Lipinski definition) is 8. The first kappa shape index (κ1) is 13.2. The van der Waals surface area contributed by atoms with Crippen LogP contribution in [0.4, 0.5) is 5.82 Å². The van der Waals surface area contributed by atoms with Gasteiger partial charge < -0.3 is 30.4 Å². The molecule has 2 aromatic heterocycles. The summed E-state index contributed by atoms with van der Waals surface area (Å²) < 4.78 is 7.01. The van der Waals surface area contributed by atoms with Crippen molar-refractivity contribution < 1.29 is 20.1 Å². The van der Waals surface area contributed by atoms with E-state index in [1.54, 1.807) is 4.57 Å². The third-order valence-electron chi connectivity index (χ3n) is 3.53. The molecule has 9 nitrogen and oxygen atoms in total. The summed E-state index contributed by atoms with van der Waals surface area (Å²) in [5.74, 6) is 0.237. The molecular formula is C11H15N5O4. The van der Waals surface area contributed by atoms with E-state index < -0.39 is 24.4 Å². The van der Waals surface area contributed by atoms with Crippen molar-refractivity contribution in [3.8, 4) is 0 Å². The number of nitrogen functional groups attached to an aromatic ring is 1. The molecule has 0 unspecified atom stereocenters. The SMILES string of the molecule is Nc1ncnc2c1ncn2[C@@H]1[C@@H](O)[C@H](CO)O[C@H]1CO. The van der Waals surface area contributed by atoms with Gasteiger partial charge in [-0.2, -0.15) is 0 Å². The Morgan fingerprint density at radius 2 is 1.95 bits per heavy atom. The number of aromatic nitrogens is 4. The van der Waals surface area contributed by atoms with Crippen molar-refractivity contribution in [2.45, 2.75) is 24.4 Å². The third-order valence-corrected chi connectivity index (χ3v) is 3.53. The van der Waals surface area contributed by atoms with Gasteiger partial charge >= 0.3 is 0 Å². The summed E-state index contributed by atoms with van der Waals surface area (Å²) in [4.78, 5) is 12.1. The van der Waals surface area contributed by atoms with Crippen molar-refractivity contribution in [1.82, 2.24) is 19.5 Å². The molecule has 0 amide bonds. The fraction of sp³-hybridized carbons (Fsp3) is 0.545. The molecule has 1 fully saturated rings. The molecule has 2 aromatic rings. The third kappa shape index (κ3) is 1.83. The number of ether oxygens (including phenoxy) is 1. The molecule has 20 heavy (non-hydrogen) atoms. The molecule has 0 saturated carbocycles. The molecule has 5 N–H and O–H groups in total. The van der Waals surface area contributed by atoms with E-state index in [2.05, 4.69) is 15.0 Å². The van der Waals surface area contributed by atoms with Gasteiger partial charge in [-0.1, -0.05) is 0 Å². The topological polar surface area (TPSA) is 140 Å². The van der Waals surface area contributed by atoms with E-state index in [9.17, 15) is 15.3 Å². The Morgan fingerprint density at radius 1 is 1.20 bits per heavy atom. The molecule has 9 heteroatoms. The second-order valence-corrected chi connectivity index (χ2v) is 4.64. The summed E-state index contributed by atoms with van der Waals surface area (Å²) in [6, 6.07) is -0.601. The number of nitrogens with two attached hydrogens (primary N) is 1. The lowest BCUT2D eigenvalue weighted by Gasteiger charge is -2.20. The maximum Gasteiger partial charge on any atom is 0.165 e. The molecule has 4 atom stereocenters. The highest BCUT2D eigenvalue weighted by molar-refractivity contribution is 5.81. The normalized spacial score (nSPS) is 30.1. The number of fused-ring (bicyclic) bond motifs is 1. The van der Waals surface area contributed by atoms with Crippen LogP contribution in [0.3, 0.4) is 0 Å². The van der Waals surface area contributed by atoms with E-state index in [1.807, 2.05) is 0 Å². The quantitative estimate of drug-likeness (QED) is 0.509. The highest BCUT2D eigenvalue weighted by atomic mass is 16.5. The molecule has 1 aliphatic rings. The van der Waals surface area contributed by atoms with Gasteiger partial charge in [0, 0.05) is 0 Å². The van der Waals surface area contributed by atoms with Gasteiger partial charge in [0.2, 0.25) is 0 Å². The van der Waals surface area contributed by atoms with Crippen LogP contribution in [0.25, 0.3) is 11.2 Å². The van der Waals surface area contributed by atoms with Crippen LogP contribution < -0.4 is 5.73 Å². The van der Waals surface area contributed by atoms with Crippen molar-refractivity contribution in [2.75, 3.05) is 18.9 Å². The Kier molecular flexibility index (Phi) is 3.26. The van der Waals surface area contributed by atoms with Crippen LogP contribution in [0.1, 0.15) is 6.04 Å². The fourth-order valence-electron chi connectivity index (χ4n) is 2.56. The zero-order valence-electron chi connectivity index (χ0n) is 10.5. The molecule has 0 aliphatic carbocycles. The van der Waals surface area contributed by atoms with Gasteiger partial charge in [-0.3, -0.25) is 0 Å². The van der Waals surface area contributed by atoms with Gasteiger partial charge in [-0.15, -0.1) is 0 Å². The lowest BCUT2D eigenvalue weighted by Crippen LogP contribution is -2.32. The summed E-state index contributed by atoms with van der Waals surface area (Å²) in [5, 5.41) is 28.8. The van der Waals surface area contributed by atoms with Gasteiger partial charge in [0.25, 0.3) is 0 Å². The lowest BCUT2D eigenvalue weighted by molar-refractivity contribution is -0.0362. The van der Waals surface area contributed by atoms with Crippen LogP contribution in [0.5, 0.6) is 0 Å². The lowest BCUT2D eigenvalue weighted by atomic mass is 10.1. The van der Waals surface area contributed by atoms with Gasteiger partial charge in [0.15, 0.2) is 11.5 Å². The number of imidazole rings is 1. The number of nitrogens with zero attached hydrogens (tertiary/aromatic N) is 4. The first-order chi connectivity index (χ1) is 9.67. The van der Waals surface area contributed by atoms with Gasteiger partial charge in [0.05, 0.1) is 25.6 Å². The van der Waals surface area contributed by atoms with Crippen molar-refractivity contribution in [2.24, 2.45) is 0 Å². The van der Waals surface area contributed by atoms with Crippen LogP contribution in [0.15, 0.2) is 12.7 Å². The second kappa shape index (κ2) is 4.94. The predicted molar refractivity (Wildman–Crippen MR) is 67.6 cm³/mol. The van der Waals surface area contributed by atoms with Crippen LogP contribution >= 0.6 is 0 Å². The average Bonchev–Trinajstić information content (AvgIpc) is 3.00. The highest BCUT2D eigenvalue weighted by Crippen LogP contribution is 2.33. The van der Waals surface area contributed by atoms with E-state index in [-0.39, 0.29) is 19.0 Å². The van der Waals surface area contributed by atoms with E-state index in [0.29, 0.717) is 11.2 Å². The largest absolute Gasteiger partial charge is 0.394 e. The summed E-state index contributed by atoms with van der Waals surface area (Å²) in [7, 11) is 0. The van der Waals surface area contributed by atoms with Crippen LogP contribution in [-0.4, -0.2) is 66.4 Å². The molecule has 1 saturated heterocycles.